The molecule has 0 spiro atoms. The van der Waals surface area contributed by atoms with Gasteiger partial charge in [0, 0.05) is 6.54 Å². The van der Waals surface area contributed by atoms with E-state index in [1.54, 1.807) is 6.07 Å². The Balaban J connectivity index is 2.10. The second-order valence-electron chi connectivity index (χ2n) is 2.86. The summed E-state index contributed by atoms with van der Waals surface area (Å²) in [5, 5.41) is 11.5. The predicted molar refractivity (Wildman–Crippen MR) is 48.6 cm³/mol. The Bertz CT molecular complexity index is 271. The van der Waals surface area contributed by atoms with Gasteiger partial charge in [0.2, 0.25) is 0 Å². The first kappa shape index (κ1) is 8.87. The van der Waals surface area contributed by atoms with Crippen molar-refractivity contribution in [2.75, 3.05) is 19.8 Å². The smallest absolute Gasteiger partial charge is 0.151 e. The monoisotopic (exact) mass is 199 g/mol. The lowest BCUT2D eigenvalue weighted by Gasteiger charge is -2.22. The molecule has 1 aliphatic heterocycles. The summed E-state index contributed by atoms with van der Waals surface area (Å²) < 4.78 is 5.30. The Kier molecular flexibility index (Phi) is 2.73. The van der Waals surface area contributed by atoms with Crippen molar-refractivity contribution in [1.82, 2.24) is 15.5 Å². The van der Waals surface area contributed by atoms with Crippen LogP contribution in [0.4, 0.5) is 0 Å². The number of hydrogen-bond acceptors (Lipinski definition) is 4. The summed E-state index contributed by atoms with van der Waals surface area (Å²) in [6.07, 6.45) is 0. The highest BCUT2D eigenvalue weighted by molar-refractivity contribution is 6.29. The number of nitrogens with one attached hydrogen (secondary N) is 1. The Hall–Kier alpha value is -0.710. The first-order chi connectivity index (χ1) is 6.36. The molecule has 2 rings (SSSR count). The fraction of sp³-hybridized carbons (Fsp3) is 0.500. The van der Waals surface area contributed by atoms with Crippen LogP contribution in [0.3, 0.4) is 0 Å². The highest BCUT2D eigenvalue weighted by Gasteiger charge is 2.16. The molecule has 1 saturated heterocycles. The van der Waals surface area contributed by atoms with Crippen LogP contribution in [0, 0.1) is 0 Å². The maximum atomic E-state index is 5.63. The lowest BCUT2D eigenvalue weighted by molar-refractivity contribution is 0.0753. The van der Waals surface area contributed by atoms with E-state index in [0.717, 1.165) is 18.8 Å². The van der Waals surface area contributed by atoms with E-state index in [-0.39, 0.29) is 6.04 Å². The van der Waals surface area contributed by atoms with E-state index in [9.17, 15) is 0 Å². The minimum atomic E-state index is 0.151. The molecule has 2 heterocycles. The van der Waals surface area contributed by atoms with Crippen LogP contribution < -0.4 is 5.32 Å². The lowest BCUT2D eigenvalue weighted by atomic mass is 10.2. The van der Waals surface area contributed by atoms with Gasteiger partial charge in [-0.05, 0) is 12.1 Å². The summed E-state index contributed by atoms with van der Waals surface area (Å²) in [6.45, 7) is 2.27. The maximum Gasteiger partial charge on any atom is 0.151 e. The Morgan fingerprint density at radius 1 is 1.46 bits per heavy atom. The van der Waals surface area contributed by atoms with Crippen molar-refractivity contribution in [3.05, 3.63) is 23.0 Å². The number of ether oxygens (including phenoxy) is 1. The van der Waals surface area contributed by atoms with Crippen molar-refractivity contribution in [1.29, 1.82) is 0 Å². The highest BCUT2D eigenvalue weighted by Crippen LogP contribution is 2.13. The van der Waals surface area contributed by atoms with Crippen LogP contribution in [-0.2, 0) is 4.74 Å². The lowest BCUT2D eigenvalue weighted by Crippen LogP contribution is -2.35. The number of halogens is 1. The van der Waals surface area contributed by atoms with E-state index >= 15 is 0 Å². The standard InChI is InChI=1S/C8H10ClN3O/c9-8-2-1-6(11-12-8)7-5-13-4-3-10-7/h1-2,7,10H,3-5H2. The SMILES string of the molecule is Clc1ccc(C2COCCN2)nn1. The Morgan fingerprint density at radius 3 is 3.00 bits per heavy atom. The third-order valence-corrected chi connectivity index (χ3v) is 2.13. The van der Waals surface area contributed by atoms with Gasteiger partial charge in [-0.1, -0.05) is 11.6 Å². The quantitative estimate of drug-likeness (QED) is 0.727. The average Bonchev–Trinajstić information content (AvgIpc) is 2.20. The normalized spacial score (nSPS) is 23.0. The van der Waals surface area contributed by atoms with Crippen LogP contribution in [-0.4, -0.2) is 30.0 Å². The molecular weight excluding hydrogens is 190 g/mol. The Labute approximate surface area is 81.3 Å². The zero-order valence-electron chi connectivity index (χ0n) is 7.03. The summed E-state index contributed by atoms with van der Waals surface area (Å²) in [6, 6.07) is 3.75. The second kappa shape index (κ2) is 4.00. The van der Waals surface area contributed by atoms with Gasteiger partial charge in [0.15, 0.2) is 5.15 Å². The van der Waals surface area contributed by atoms with E-state index < -0.39 is 0 Å². The summed E-state index contributed by atoms with van der Waals surface area (Å²) in [5.74, 6) is 0. The average molecular weight is 200 g/mol. The van der Waals surface area contributed by atoms with E-state index in [1.807, 2.05) is 6.07 Å². The summed E-state index contributed by atoms with van der Waals surface area (Å²) in [5.41, 5.74) is 0.879. The van der Waals surface area contributed by atoms with Gasteiger partial charge in [0.1, 0.15) is 0 Å². The van der Waals surface area contributed by atoms with Crippen LogP contribution in [0.2, 0.25) is 5.15 Å². The molecule has 1 N–H and O–H groups in total. The van der Waals surface area contributed by atoms with Crippen LogP contribution >= 0.6 is 11.6 Å². The Morgan fingerprint density at radius 2 is 2.38 bits per heavy atom. The molecule has 0 bridgehead atoms. The summed E-state index contributed by atoms with van der Waals surface area (Å²) in [7, 11) is 0. The molecule has 1 aliphatic rings. The van der Waals surface area contributed by atoms with E-state index in [1.165, 1.54) is 0 Å². The first-order valence-electron chi connectivity index (χ1n) is 4.16. The minimum Gasteiger partial charge on any atom is -0.378 e. The predicted octanol–water partition coefficient (Wildman–Crippen LogP) is 0.791. The third-order valence-electron chi connectivity index (χ3n) is 1.93. The molecule has 0 aliphatic carbocycles. The van der Waals surface area contributed by atoms with Crippen molar-refractivity contribution in [2.24, 2.45) is 0 Å². The van der Waals surface area contributed by atoms with Gasteiger partial charge in [-0.15, -0.1) is 5.10 Å². The number of aromatic nitrogens is 2. The molecule has 5 heteroatoms. The van der Waals surface area contributed by atoms with Gasteiger partial charge in [0.25, 0.3) is 0 Å². The van der Waals surface area contributed by atoms with Gasteiger partial charge >= 0.3 is 0 Å². The van der Waals surface area contributed by atoms with Gasteiger partial charge in [-0.3, -0.25) is 0 Å². The molecule has 0 radical (unpaired) electrons. The molecule has 13 heavy (non-hydrogen) atoms. The molecule has 0 amide bonds. The zero-order valence-corrected chi connectivity index (χ0v) is 7.79. The van der Waals surface area contributed by atoms with Gasteiger partial charge in [-0.2, -0.15) is 5.10 Å². The topological polar surface area (TPSA) is 47.0 Å². The molecule has 1 fully saturated rings. The molecule has 0 aromatic carbocycles. The zero-order chi connectivity index (χ0) is 9.10. The van der Waals surface area contributed by atoms with Crippen molar-refractivity contribution in [3.63, 3.8) is 0 Å². The fourth-order valence-electron chi connectivity index (χ4n) is 1.27. The van der Waals surface area contributed by atoms with Gasteiger partial charge in [-0.25, -0.2) is 0 Å². The summed E-state index contributed by atoms with van der Waals surface area (Å²) >= 11 is 5.63. The first-order valence-corrected chi connectivity index (χ1v) is 4.54. The van der Waals surface area contributed by atoms with Gasteiger partial charge < -0.3 is 10.1 Å². The fourth-order valence-corrected chi connectivity index (χ4v) is 1.37. The van der Waals surface area contributed by atoms with Crippen molar-refractivity contribution in [3.8, 4) is 0 Å². The third kappa shape index (κ3) is 2.15. The van der Waals surface area contributed by atoms with E-state index in [4.69, 9.17) is 16.3 Å². The van der Waals surface area contributed by atoms with Gasteiger partial charge in [0.05, 0.1) is 24.9 Å². The molecule has 70 valence electrons. The summed E-state index contributed by atoms with van der Waals surface area (Å²) in [4.78, 5) is 0. The van der Waals surface area contributed by atoms with Crippen LogP contribution in [0.25, 0.3) is 0 Å². The molecular formula is C8H10ClN3O. The number of nitrogens with zero attached hydrogens (tertiary/aromatic N) is 2. The number of hydrogen-bond donors (Lipinski definition) is 1. The van der Waals surface area contributed by atoms with Crippen molar-refractivity contribution >= 4 is 11.6 Å². The second-order valence-corrected chi connectivity index (χ2v) is 3.25. The molecule has 4 nitrogen and oxygen atoms in total. The molecule has 0 saturated carbocycles. The van der Waals surface area contributed by atoms with Crippen LogP contribution in [0.15, 0.2) is 12.1 Å². The number of rotatable bonds is 1. The molecule has 1 aromatic heterocycles. The van der Waals surface area contributed by atoms with Crippen LogP contribution in [0.1, 0.15) is 11.7 Å². The van der Waals surface area contributed by atoms with Crippen molar-refractivity contribution < 1.29 is 4.74 Å². The van der Waals surface area contributed by atoms with E-state index in [0.29, 0.717) is 11.8 Å². The molecule has 1 atom stereocenters. The van der Waals surface area contributed by atoms with Crippen LogP contribution in [0.5, 0.6) is 0 Å². The maximum absolute atomic E-state index is 5.63. The molecule has 1 aromatic rings. The largest absolute Gasteiger partial charge is 0.378 e. The molecule has 1 unspecified atom stereocenters. The number of morpholine rings is 1. The van der Waals surface area contributed by atoms with Crippen molar-refractivity contribution in [2.45, 2.75) is 6.04 Å². The minimum absolute atomic E-state index is 0.151. The van der Waals surface area contributed by atoms with E-state index in [2.05, 4.69) is 15.5 Å². The highest BCUT2D eigenvalue weighted by atomic mass is 35.5.